The highest BCUT2D eigenvalue weighted by Crippen LogP contribution is 2.24. The van der Waals surface area contributed by atoms with Crippen molar-refractivity contribution in [3.8, 4) is 0 Å². The molecule has 7 nitrogen and oxygen atoms in total. The third-order valence-corrected chi connectivity index (χ3v) is 5.91. The van der Waals surface area contributed by atoms with Crippen LogP contribution in [0.15, 0.2) is 41.4 Å². The molecule has 0 bridgehead atoms. The van der Waals surface area contributed by atoms with Gasteiger partial charge >= 0.3 is 5.97 Å². The summed E-state index contributed by atoms with van der Waals surface area (Å²) >= 11 is 0. The molecule has 2 rings (SSSR count). The van der Waals surface area contributed by atoms with E-state index in [-0.39, 0.29) is 16.1 Å². The highest BCUT2D eigenvalue weighted by Gasteiger charge is 2.20. The summed E-state index contributed by atoms with van der Waals surface area (Å²) in [4.78, 5) is 18.1. The minimum atomic E-state index is -3.85. The summed E-state index contributed by atoms with van der Waals surface area (Å²) in [6, 6.07) is 8.04. The molecule has 8 heteroatoms. The van der Waals surface area contributed by atoms with Crippen molar-refractivity contribution in [1.82, 2.24) is 4.98 Å². The van der Waals surface area contributed by atoms with Gasteiger partial charge in [-0.15, -0.1) is 0 Å². The van der Waals surface area contributed by atoms with Crippen molar-refractivity contribution in [2.75, 3.05) is 22.7 Å². The predicted molar refractivity (Wildman–Crippen MR) is 120 cm³/mol. The second kappa shape index (κ2) is 10.4. The maximum Gasteiger partial charge on any atom is 0.339 e. The SMILES string of the molecule is CCCN(CCC)c1ncc(NS(=O)(=O)c2ccc(CC(C)C)cc2)cc1C(=O)O. The number of carboxylic acids is 1. The van der Waals surface area contributed by atoms with Crippen molar-refractivity contribution in [1.29, 1.82) is 0 Å². The lowest BCUT2D eigenvalue weighted by molar-refractivity contribution is 0.0697. The zero-order valence-corrected chi connectivity index (χ0v) is 18.9. The number of hydrogen-bond acceptors (Lipinski definition) is 5. The monoisotopic (exact) mass is 433 g/mol. The van der Waals surface area contributed by atoms with Gasteiger partial charge in [-0.1, -0.05) is 39.8 Å². The van der Waals surface area contributed by atoms with Gasteiger partial charge in [-0.3, -0.25) is 4.72 Å². The van der Waals surface area contributed by atoms with Crippen LogP contribution in [0.5, 0.6) is 0 Å². The Hall–Kier alpha value is -2.61. The second-order valence-corrected chi connectivity index (χ2v) is 9.42. The molecule has 2 aromatic rings. The average molecular weight is 434 g/mol. The topological polar surface area (TPSA) is 99.6 Å². The van der Waals surface area contributed by atoms with Crippen molar-refractivity contribution < 1.29 is 18.3 Å². The van der Waals surface area contributed by atoms with Crippen LogP contribution < -0.4 is 9.62 Å². The lowest BCUT2D eigenvalue weighted by Gasteiger charge is -2.24. The molecular weight excluding hydrogens is 402 g/mol. The van der Waals surface area contributed by atoms with Gasteiger partial charge in [-0.05, 0) is 48.9 Å². The van der Waals surface area contributed by atoms with E-state index in [0.29, 0.717) is 24.8 Å². The van der Waals surface area contributed by atoms with Crippen LogP contribution in [0.2, 0.25) is 0 Å². The molecule has 0 fully saturated rings. The van der Waals surface area contributed by atoms with Gasteiger partial charge in [0.25, 0.3) is 10.0 Å². The zero-order chi connectivity index (χ0) is 22.3. The van der Waals surface area contributed by atoms with Crippen LogP contribution in [0.3, 0.4) is 0 Å². The largest absolute Gasteiger partial charge is 0.478 e. The Kier molecular flexibility index (Phi) is 8.23. The summed E-state index contributed by atoms with van der Waals surface area (Å²) in [6.07, 6.45) is 3.93. The molecule has 0 radical (unpaired) electrons. The maximum atomic E-state index is 12.7. The van der Waals surface area contributed by atoms with Crippen LogP contribution >= 0.6 is 0 Å². The number of hydrogen-bond donors (Lipinski definition) is 2. The number of rotatable bonds is 11. The number of aromatic nitrogens is 1. The first-order chi connectivity index (χ1) is 14.2. The van der Waals surface area contributed by atoms with E-state index in [2.05, 4.69) is 23.6 Å². The molecule has 1 heterocycles. The van der Waals surface area contributed by atoms with E-state index in [1.54, 1.807) is 24.3 Å². The van der Waals surface area contributed by atoms with E-state index in [4.69, 9.17) is 0 Å². The van der Waals surface area contributed by atoms with Crippen LogP contribution in [-0.2, 0) is 16.4 Å². The molecule has 0 atom stereocenters. The normalized spacial score (nSPS) is 11.5. The van der Waals surface area contributed by atoms with Crippen molar-refractivity contribution in [3.63, 3.8) is 0 Å². The number of anilines is 2. The molecule has 1 aromatic heterocycles. The van der Waals surface area contributed by atoms with Crippen molar-refractivity contribution in [2.45, 2.75) is 51.9 Å². The molecule has 0 amide bonds. The predicted octanol–water partition coefficient (Wildman–Crippen LogP) is 4.41. The van der Waals surface area contributed by atoms with Crippen molar-refractivity contribution >= 4 is 27.5 Å². The summed E-state index contributed by atoms with van der Waals surface area (Å²) in [6.45, 7) is 9.58. The first-order valence-electron chi connectivity index (χ1n) is 10.3. The highest BCUT2D eigenvalue weighted by atomic mass is 32.2. The number of pyridine rings is 1. The summed E-state index contributed by atoms with van der Waals surface area (Å²) in [5.74, 6) is -0.314. The fourth-order valence-corrected chi connectivity index (χ4v) is 4.31. The van der Waals surface area contributed by atoms with Gasteiger partial charge in [-0.2, -0.15) is 0 Å². The van der Waals surface area contributed by atoms with E-state index in [1.165, 1.54) is 12.3 Å². The van der Waals surface area contributed by atoms with E-state index >= 15 is 0 Å². The Morgan fingerprint density at radius 1 is 1.13 bits per heavy atom. The summed E-state index contributed by atoms with van der Waals surface area (Å²) in [5, 5.41) is 9.65. The van der Waals surface area contributed by atoms with Crippen molar-refractivity contribution in [3.05, 3.63) is 47.7 Å². The van der Waals surface area contributed by atoms with Crippen LogP contribution in [0, 0.1) is 5.92 Å². The fourth-order valence-electron chi connectivity index (χ4n) is 3.28. The zero-order valence-electron chi connectivity index (χ0n) is 18.1. The standard InChI is InChI=1S/C22H31N3O4S/c1-5-11-25(12-6-2)21-20(22(26)27)14-18(15-23-21)24-30(28,29)19-9-7-17(8-10-19)13-16(3)4/h7-10,14-16,24H,5-6,11-13H2,1-4H3,(H,26,27). The molecule has 0 aliphatic rings. The number of benzene rings is 1. The van der Waals surface area contributed by atoms with Crippen LogP contribution in [-0.4, -0.2) is 37.6 Å². The van der Waals surface area contributed by atoms with E-state index in [9.17, 15) is 18.3 Å². The first kappa shape index (κ1) is 23.7. The van der Waals surface area contributed by atoms with Gasteiger partial charge in [0.15, 0.2) is 0 Å². The number of carbonyl (C=O) groups is 1. The highest BCUT2D eigenvalue weighted by molar-refractivity contribution is 7.92. The Labute approximate surface area is 179 Å². The number of carboxylic acid groups (broad SMARTS) is 1. The number of nitrogens with one attached hydrogen (secondary N) is 1. The quantitative estimate of drug-likeness (QED) is 0.545. The smallest absolute Gasteiger partial charge is 0.339 e. The molecule has 30 heavy (non-hydrogen) atoms. The summed E-state index contributed by atoms with van der Waals surface area (Å²) < 4.78 is 27.9. The van der Waals surface area contributed by atoms with Gasteiger partial charge in [0.1, 0.15) is 11.4 Å². The molecule has 2 N–H and O–H groups in total. The first-order valence-corrected chi connectivity index (χ1v) is 11.8. The second-order valence-electron chi connectivity index (χ2n) is 7.73. The van der Waals surface area contributed by atoms with E-state index < -0.39 is 16.0 Å². The van der Waals surface area contributed by atoms with Gasteiger partial charge < -0.3 is 10.0 Å². The molecule has 0 saturated carbocycles. The van der Waals surface area contributed by atoms with E-state index in [0.717, 1.165) is 24.8 Å². The fraction of sp³-hybridized carbons (Fsp3) is 0.455. The molecule has 0 spiro atoms. The van der Waals surface area contributed by atoms with Gasteiger partial charge in [0.05, 0.1) is 16.8 Å². The number of nitrogens with zero attached hydrogens (tertiary/aromatic N) is 2. The number of aromatic carboxylic acids is 1. The summed E-state index contributed by atoms with van der Waals surface area (Å²) in [5.41, 5.74) is 1.16. The summed E-state index contributed by atoms with van der Waals surface area (Å²) in [7, 11) is -3.85. The lowest BCUT2D eigenvalue weighted by atomic mass is 10.0. The van der Waals surface area contributed by atoms with Crippen molar-refractivity contribution in [2.24, 2.45) is 5.92 Å². The molecule has 1 aromatic carbocycles. The average Bonchev–Trinajstić information content (AvgIpc) is 2.67. The van der Waals surface area contributed by atoms with E-state index in [1.807, 2.05) is 18.7 Å². The Morgan fingerprint density at radius 2 is 1.73 bits per heavy atom. The Bertz CT molecular complexity index is 951. The Morgan fingerprint density at radius 3 is 2.23 bits per heavy atom. The third-order valence-electron chi connectivity index (χ3n) is 4.51. The molecular formula is C22H31N3O4S. The maximum absolute atomic E-state index is 12.7. The minimum Gasteiger partial charge on any atom is -0.478 e. The molecule has 0 aliphatic heterocycles. The molecule has 164 valence electrons. The van der Waals surface area contributed by atoms with Gasteiger partial charge in [0.2, 0.25) is 0 Å². The van der Waals surface area contributed by atoms with Gasteiger partial charge in [0, 0.05) is 13.1 Å². The molecule has 0 saturated heterocycles. The Balaban J connectivity index is 2.31. The molecule has 0 unspecified atom stereocenters. The number of sulfonamides is 1. The lowest BCUT2D eigenvalue weighted by Crippen LogP contribution is -2.28. The van der Waals surface area contributed by atoms with Crippen LogP contribution in [0.25, 0.3) is 0 Å². The molecule has 0 aliphatic carbocycles. The third kappa shape index (κ3) is 6.19. The van der Waals surface area contributed by atoms with Crippen LogP contribution in [0.1, 0.15) is 56.5 Å². The van der Waals surface area contributed by atoms with Crippen LogP contribution in [0.4, 0.5) is 11.5 Å². The minimum absolute atomic E-state index is 0.0237. The van der Waals surface area contributed by atoms with Gasteiger partial charge in [-0.25, -0.2) is 18.2 Å².